The van der Waals surface area contributed by atoms with Crippen molar-refractivity contribution in [2.75, 3.05) is 20.4 Å². The molecule has 35 heavy (non-hydrogen) atoms. The summed E-state index contributed by atoms with van der Waals surface area (Å²) in [7, 11) is -2.47. The Morgan fingerprint density at radius 2 is 1.86 bits per heavy atom. The molecule has 9 nitrogen and oxygen atoms in total. The van der Waals surface area contributed by atoms with Gasteiger partial charge < -0.3 is 14.2 Å². The first-order chi connectivity index (χ1) is 16.9. The molecule has 1 N–H and O–H groups in total. The van der Waals surface area contributed by atoms with Gasteiger partial charge in [-0.15, -0.1) is 0 Å². The van der Waals surface area contributed by atoms with Crippen molar-refractivity contribution in [3.63, 3.8) is 0 Å². The summed E-state index contributed by atoms with van der Waals surface area (Å²) in [6.07, 6.45) is 1.45. The third-order valence-corrected chi connectivity index (χ3v) is 7.11. The molecule has 0 atom stereocenters. The minimum atomic E-state index is -3.99. The molecule has 3 aromatic carbocycles. The molecule has 1 heterocycles. The molecule has 3 aromatic rings. The fourth-order valence-electron chi connectivity index (χ4n) is 3.54. The van der Waals surface area contributed by atoms with E-state index in [2.05, 4.69) is 10.5 Å². The zero-order valence-corrected chi connectivity index (χ0v) is 20.1. The van der Waals surface area contributed by atoms with Crippen LogP contribution in [-0.4, -0.2) is 45.3 Å². The maximum Gasteiger partial charge on any atom is 0.255 e. The van der Waals surface area contributed by atoms with Crippen molar-refractivity contribution in [2.45, 2.75) is 18.4 Å². The molecule has 0 radical (unpaired) electrons. The molecule has 0 aliphatic carbocycles. The van der Waals surface area contributed by atoms with E-state index in [4.69, 9.17) is 14.2 Å². The number of rotatable bonds is 9. The van der Waals surface area contributed by atoms with Gasteiger partial charge >= 0.3 is 0 Å². The van der Waals surface area contributed by atoms with E-state index in [9.17, 15) is 13.2 Å². The van der Waals surface area contributed by atoms with Crippen molar-refractivity contribution in [3.05, 3.63) is 83.4 Å². The Morgan fingerprint density at radius 1 is 1.09 bits per heavy atom. The molecule has 1 aliphatic rings. The summed E-state index contributed by atoms with van der Waals surface area (Å²) >= 11 is 0. The van der Waals surface area contributed by atoms with Gasteiger partial charge in [-0.25, -0.2) is 13.8 Å². The Bertz CT molecular complexity index is 1340. The van der Waals surface area contributed by atoms with E-state index in [1.807, 2.05) is 18.2 Å². The highest BCUT2D eigenvalue weighted by Gasteiger charge is 2.27. The molecule has 1 aliphatic heterocycles. The number of benzene rings is 3. The number of nitrogens with one attached hydrogen (secondary N) is 1. The average molecular weight is 496 g/mol. The number of amides is 1. The Balaban J connectivity index is 1.51. The van der Waals surface area contributed by atoms with Crippen LogP contribution >= 0.6 is 0 Å². The predicted molar refractivity (Wildman–Crippen MR) is 130 cm³/mol. The molecule has 1 amide bonds. The van der Waals surface area contributed by atoms with Gasteiger partial charge in [-0.05, 0) is 60.0 Å². The molecular weight excluding hydrogens is 470 g/mol. The third-order valence-electron chi connectivity index (χ3n) is 5.33. The number of hydrogen-bond acceptors (Lipinski definition) is 7. The van der Waals surface area contributed by atoms with Crippen LogP contribution < -0.4 is 19.6 Å². The van der Waals surface area contributed by atoms with E-state index in [0.717, 1.165) is 9.87 Å². The minimum absolute atomic E-state index is 0.0214. The largest absolute Gasteiger partial charge is 0.496 e. The molecule has 0 spiro atoms. The fraction of sp³-hybridized carbons (Fsp3) is 0.200. The summed E-state index contributed by atoms with van der Waals surface area (Å²) < 4.78 is 43.9. The molecule has 0 aromatic heterocycles. The lowest BCUT2D eigenvalue weighted by Gasteiger charge is -2.22. The number of hydrogen-bond donors (Lipinski definition) is 1. The van der Waals surface area contributed by atoms with E-state index in [1.165, 1.54) is 25.5 Å². The van der Waals surface area contributed by atoms with Crippen molar-refractivity contribution in [1.82, 2.24) is 9.73 Å². The highest BCUT2D eigenvalue weighted by Crippen LogP contribution is 2.32. The highest BCUT2D eigenvalue weighted by atomic mass is 32.2. The summed E-state index contributed by atoms with van der Waals surface area (Å²) in [5.41, 5.74) is 4.51. The summed E-state index contributed by atoms with van der Waals surface area (Å²) in [6, 6.07) is 18.9. The molecule has 0 saturated heterocycles. The van der Waals surface area contributed by atoms with Gasteiger partial charge in [0.2, 0.25) is 16.8 Å². The molecule has 0 fully saturated rings. The van der Waals surface area contributed by atoms with Crippen molar-refractivity contribution in [3.8, 4) is 17.2 Å². The smallest absolute Gasteiger partial charge is 0.255 e. The predicted octanol–water partition coefficient (Wildman–Crippen LogP) is 3.07. The maximum atomic E-state index is 13.5. The molecule has 10 heteroatoms. The number of hydrazone groups is 1. The van der Waals surface area contributed by atoms with Crippen molar-refractivity contribution in [2.24, 2.45) is 5.10 Å². The molecule has 4 rings (SSSR count). The van der Waals surface area contributed by atoms with Crippen molar-refractivity contribution >= 4 is 22.1 Å². The van der Waals surface area contributed by atoms with Crippen LogP contribution in [-0.2, 0) is 21.4 Å². The van der Waals surface area contributed by atoms with Gasteiger partial charge in [0.15, 0.2) is 11.5 Å². The van der Waals surface area contributed by atoms with Gasteiger partial charge in [0.05, 0.1) is 24.8 Å². The van der Waals surface area contributed by atoms with E-state index in [1.54, 1.807) is 43.3 Å². The van der Waals surface area contributed by atoms with Gasteiger partial charge in [0.1, 0.15) is 5.75 Å². The number of ether oxygens (including phenoxy) is 3. The van der Waals surface area contributed by atoms with Gasteiger partial charge in [-0.1, -0.05) is 30.3 Å². The molecule has 182 valence electrons. The minimum Gasteiger partial charge on any atom is -0.496 e. The lowest BCUT2D eigenvalue weighted by molar-refractivity contribution is -0.121. The third kappa shape index (κ3) is 5.79. The Kier molecular flexibility index (Phi) is 7.33. The quantitative estimate of drug-likeness (QED) is 0.361. The zero-order valence-electron chi connectivity index (χ0n) is 19.3. The molecule has 0 bridgehead atoms. The number of fused-ring (bicyclic) bond motifs is 1. The molecule has 0 saturated carbocycles. The zero-order chi connectivity index (χ0) is 24.8. The maximum absolute atomic E-state index is 13.5. The van der Waals surface area contributed by atoms with E-state index >= 15 is 0 Å². The van der Waals surface area contributed by atoms with Crippen LogP contribution in [0.4, 0.5) is 0 Å². The van der Waals surface area contributed by atoms with E-state index < -0.39 is 22.5 Å². The van der Waals surface area contributed by atoms with Crippen molar-refractivity contribution < 1.29 is 27.4 Å². The summed E-state index contributed by atoms with van der Waals surface area (Å²) in [6.45, 7) is 1.53. The van der Waals surface area contributed by atoms with Gasteiger partial charge in [-0.2, -0.15) is 9.41 Å². The van der Waals surface area contributed by atoms with Crippen LogP contribution in [0.5, 0.6) is 17.2 Å². The number of sulfonamides is 1. The topological polar surface area (TPSA) is 107 Å². The highest BCUT2D eigenvalue weighted by molar-refractivity contribution is 7.89. The van der Waals surface area contributed by atoms with Gasteiger partial charge in [0, 0.05) is 6.54 Å². The van der Waals surface area contributed by atoms with Crippen LogP contribution in [0.3, 0.4) is 0 Å². The van der Waals surface area contributed by atoms with Crippen LogP contribution in [0, 0.1) is 6.92 Å². The van der Waals surface area contributed by atoms with Crippen LogP contribution in [0.25, 0.3) is 0 Å². The van der Waals surface area contributed by atoms with E-state index in [0.29, 0.717) is 28.4 Å². The normalized spacial score (nSPS) is 12.8. The van der Waals surface area contributed by atoms with Crippen LogP contribution in [0.15, 0.2) is 76.7 Å². The lowest BCUT2D eigenvalue weighted by atomic mass is 10.2. The van der Waals surface area contributed by atoms with Gasteiger partial charge in [-0.3, -0.25) is 4.79 Å². The average Bonchev–Trinajstić information content (AvgIpc) is 3.32. The first kappa shape index (κ1) is 24.2. The number of nitrogens with zero attached hydrogens (tertiary/aromatic N) is 2. The Labute approximate surface area is 204 Å². The number of carbonyl (C=O) groups excluding carboxylic acids is 1. The van der Waals surface area contributed by atoms with Gasteiger partial charge in [0.25, 0.3) is 5.91 Å². The van der Waals surface area contributed by atoms with E-state index in [-0.39, 0.29) is 18.2 Å². The summed E-state index contributed by atoms with van der Waals surface area (Å²) in [5, 5.41) is 3.96. The first-order valence-corrected chi connectivity index (χ1v) is 12.2. The SMILES string of the molecule is COc1ccc(S(=O)(=O)N(CC(=O)NN=Cc2ccc3c(c2)OCO3)Cc2ccccc2)cc1C. The summed E-state index contributed by atoms with van der Waals surface area (Å²) in [4.78, 5) is 12.7. The summed E-state index contributed by atoms with van der Waals surface area (Å²) in [5.74, 6) is 1.23. The monoisotopic (exact) mass is 495 g/mol. The standard InChI is InChI=1S/C25H25N3O6S/c1-18-12-21(9-11-22(18)32-2)35(30,31)28(15-19-6-4-3-5-7-19)16-25(29)27-26-14-20-8-10-23-24(13-20)34-17-33-23/h3-14H,15-17H2,1-2H3,(H,27,29). The number of carbonyl (C=O) groups is 1. The van der Waals surface area contributed by atoms with Crippen molar-refractivity contribution in [1.29, 1.82) is 0 Å². The first-order valence-electron chi connectivity index (χ1n) is 10.8. The molecular formula is C25H25N3O6S. The second-order valence-corrected chi connectivity index (χ2v) is 9.73. The Morgan fingerprint density at radius 3 is 2.60 bits per heavy atom. The second-order valence-electron chi connectivity index (χ2n) is 7.80. The Hall–Kier alpha value is -3.89. The molecule has 0 unspecified atom stereocenters. The number of aryl methyl sites for hydroxylation is 1. The number of methoxy groups -OCH3 is 1. The second kappa shape index (κ2) is 10.6. The van der Waals surface area contributed by atoms with Crippen LogP contribution in [0.2, 0.25) is 0 Å². The lowest BCUT2D eigenvalue weighted by Crippen LogP contribution is -2.39. The fourth-order valence-corrected chi connectivity index (χ4v) is 5.01. The van der Waals surface area contributed by atoms with Crippen LogP contribution in [0.1, 0.15) is 16.7 Å².